The molecule has 25 heavy (non-hydrogen) atoms. The van der Waals surface area contributed by atoms with Crippen molar-refractivity contribution in [3.63, 3.8) is 0 Å². The lowest BCUT2D eigenvalue weighted by atomic mass is 9.94. The fourth-order valence-electron chi connectivity index (χ4n) is 2.96. The molecule has 2 heterocycles. The molecule has 0 radical (unpaired) electrons. The standard InChI is InChI=1S/C17H9Cl3N2O3/c18-8-5-6-11(20)12(7-8)22-16(23)13-14(21-25-15(13)17(22)24)9-3-1-2-4-10(9)19/h1-7,13,15H/t13-,15+/m0/s1. The van der Waals surface area contributed by atoms with Crippen molar-refractivity contribution in [1.29, 1.82) is 0 Å². The molecule has 0 spiro atoms. The maximum atomic E-state index is 13.0. The van der Waals surface area contributed by atoms with Crippen molar-refractivity contribution in [3.05, 3.63) is 63.1 Å². The zero-order valence-corrected chi connectivity index (χ0v) is 14.7. The first-order chi connectivity index (χ1) is 12.0. The smallest absolute Gasteiger partial charge is 0.279 e. The summed E-state index contributed by atoms with van der Waals surface area (Å²) >= 11 is 18.3. The maximum Gasteiger partial charge on any atom is 0.279 e. The van der Waals surface area contributed by atoms with Crippen LogP contribution in [0.1, 0.15) is 5.56 Å². The van der Waals surface area contributed by atoms with E-state index in [-0.39, 0.29) is 10.7 Å². The van der Waals surface area contributed by atoms with Crippen molar-refractivity contribution >= 4 is 58.0 Å². The van der Waals surface area contributed by atoms with Gasteiger partial charge in [0.15, 0.2) is 0 Å². The topological polar surface area (TPSA) is 59.0 Å². The van der Waals surface area contributed by atoms with Crippen LogP contribution in [0.15, 0.2) is 47.6 Å². The largest absolute Gasteiger partial charge is 0.381 e. The Morgan fingerprint density at radius 1 is 0.960 bits per heavy atom. The van der Waals surface area contributed by atoms with Gasteiger partial charge in [-0.2, -0.15) is 0 Å². The van der Waals surface area contributed by atoms with Gasteiger partial charge in [0.1, 0.15) is 11.6 Å². The first-order valence-corrected chi connectivity index (χ1v) is 8.44. The Morgan fingerprint density at radius 3 is 2.48 bits per heavy atom. The van der Waals surface area contributed by atoms with Crippen LogP contribution in [-0.4, -0.2) is 23.6 Å². The summed E-state index contributed by atoms with van der Waals surface area (Å²) in [7, 11) is 0. The average molecular weight is 396 g/mol. The molecule has 2 aromatic carbocycles. The number of anilines is 1. The van der Waals surface area contributed by atoms with E-state index in [1.54, 1.807) is 30.3 Å². The van der Waals surface area contributed by atoms with Gasteiger partial charge in [-0.25, -0.2) is 4.90 Å². The van der Waals surface area contributed by atoms with Gasteiger partial charge in [0.25, 0.3) is 5.91 Å². The zero-order chi connectivity index (χ0) is 17.7. The third-order valence-corrected chi connectivity index (χ3v) is 5.00. The van der Waals surface area contributed by atoms with E-state index in [0.717, 1.165) is 4.90 Å². The summed E-state index contributed by atoms with van der Waals surface area (Å²) in [6.45, 7) is 0. The fourth-order valence-corrected chi connectivity index (χ4v) is 3.56. The number of hydrogen-bond donors (Lipinski definition) is 0. The number of carbonyl (C=O) groups excluding carboxylic acids is 2. The third-order valence-electron chi connectivity index (χ3n) is 4.11. The molecular formula is C17H9Cl3N2O3. The molecule has 8 heteroatoms. The van der Waals surface area contributed by atoms with E-state index in [9.17, 15) is 9.59 Å². The van der Waals surface area contributed by atoms with Crippen LogP contribution in [0.2, 0.25) is 15.1 Å². The molecule has 2 aliphatic rings. The van der Waals surface area contributed by atoms with E-state index in [2.05, 4.69) is 5.16 Å². The minimum absolute atomic E-state index is 0.223. The Labute approximate surface area is 157 Å². The lowest BCUT2D eigenvalue weighted by Crippen LogP contribution is -2.33. The molecule has 4 rings (SSSR count). The lowest BCUT2D eigenvalue weighted by Gasteiger charge is -2.17. The SMILES string of the molecule is O=C1[C@H]2C(c3ccccc3Cl)=NO[C@H]2C(=O)N1c1cc(Cl)ccc1Cl. The van der Waals surface area contributed by atoms with E-state index < -0.39 is 23.8 Å². The van der Waals surface area contributed by atoms with Crippen LogP contribution in [0, 0.1) is 5.92 Å². The quantitative estimate of drug-likeness (QED) is 0.724. The summed E-state index contributed by atoms with van der Waals surface area (Å²) in [6, 6.07) is 11.5. The van der Waals surface area contributed by atoms with Gasteiger partial charge in [-0.1, -0.05) is 58.2 Å². The van der Waals surface area contributed by atoms with Gasteiger partial charge in [-0.15, -0.1) is 0 Å². The summed E-state index contributed by atoms with van der Waals surface area (Å²) in [4.78, 5) is 31.9. The predicted octanol–water partition coefficient (Wildman–Crippen LogP) is 3.94. The summed E-state index contributed by atoms with van der Waals surface area (Å²) in [5.41, 5.74) is 1.10. The van der Waals surface area contributed by atoms with Crippen LogP contribution in [0.5, 0.6) is 0 Å². The molecule has 1 fully saturated rings. The second kappa shape index (κ2) is 6.02. The molecular weight excluding hydrogens is 387 g/mol. The number of hydrogen-bond acceptors (Lipinski definition) is 4. The van der Waals surface area contributed by atoms with E-state index in [0.29, 0.717) is 21.3 Å². The van der Waals surface area contributed by atoms with Crippen LogP contribution in [0.4, 0.5) is 5.69 Å². The van der Waals surface area contributed by atoms with E-state index in [4.69, 9.17) is 39.6 Å². The summed E-state index contributed by atoms with van der Waals surface area (Å²) < 4.78 is 0. The predicted molar refractivity (Wildman–Crippen MR) is 95.3 cm³/mol. The Morgan fingerprint density at radius 2 is 1.72 bits per heavy atom. The van der Waals surface area contributed by atoms with Gasteiger partial charge in [0.05, 0.1) is 10.7 Å². The first-order valence-electron chi connectivity index (χ1n) is 7.30. The Hall–Kier alpha value is -2.08. The number of oxime groups is 1. The highest BCUT2D eigenvalue weighted by atomic mass is 35.5. The van der Waals surface area contributed by atoms with Crippen LogP contribution in [0.3, 0.4) is 0 Å². The molecule has 0 aliphatic carbocycles. The Kier molecular flexibility index (Phi) is 3.95. The highest BCUT2D eigenvalue weighted by Gasteiger charge is 2.56. The number of rotatable bonds is 2. The fraction of sp³-hybridized carbons (Fsp3) is 0.118. The molecule has 0 bridgehead atoms. The van der Waals surface area contributed by atoms with Crippen molar-refractivity contribution in [2.24, 2.45) is 11.1 Å². The second-order valence-electron chi connectivity index (χ2n) is 5.57. The third kappa shape index (κ3) is 2.51. The number of fused-ring (bicyclic) bond motifs is 1. The Balaban J connectivity index is 1.77. The zero-order valence-electron chi connectivity index (χ0n) is 12.4. The molecule has 2 aliphatic heterocycles. The lowest BCUT2D eigenvalue weighted by molar-refractivity contribution is -0.126. The van der Waals surface area contributed by atoms with Crippen LogP contribution in [-0.2, 0) is 14.4 Å². The van der Waals surface area contributed by atoms with Gasteiger partial charge in [0, 0.05) is 15.6 Å². The van der Waals surface area contributed by atoms with E-state index >= 15 is 0 Å². The molecule has 0 saturated carbocycles. The van der Waals surface area contributed by atoms with E-state index in [1.807, 2.05) is 0 Å². The second-order valence-corrected chi connectivity index (χ2v) is 6.82. The average Bonchev–Trinajstić information content (AvgIpc) is 3.12. The van der Waals surface area contributed by atoms with Gasteiger partial charge in [-0.3, -0.25) is 9.59 Å². The number of carbonyl (C=O) groups is 2. The van der Waals surface area contributed by atoms with Gasteiger partial charge >= 0.3 is 0 Å². The highest BCUT2D eigenvalue weighted by Crippen LogP contribution is 2.39. The van der Waals surface area contributed by atoms with Crippen molar-refractivity contribution in [1.82, 2.24) is 0 Å². The van der Waals surface area contributed by atoms with Crippen LogP contribution >= 0.6 is 34.8 Å². The van der Waals surface area contributed by atoms with Gasteiger partial charge in [-0.05, 0) is 24.3 Å². The molecule has 0 N–H and O–H groups in total. The van der Waals surface area contributed by atoms with Crippen LogP contribution in [0.25, 0.3) is 0 Å². The van der Waals surface area contributed by atoms with Gasteiger partial charge < -0.3 is 4.84 Å². The number of nitrogens with zero attached hydrogens (tertiary/aromatic N) is 2. The van der Waals surface area contributed by atoms with Crippen molar-refractivity contribution in [2.75, 3.05) is 4.90 Å². The normalized spacial score (nSPS) is 22.0. The van der Waals surface area contributed by atoms with Crippen LogP contribution < -0.4 is 4.90 Å². The van der Waals surface area contributed by atoms with Crippen molar-refractivity contribution in [2.45, 2.75) is 6.10 Å². The molecule has 1 saturated heterocycles. The summed E-state index contributed by atoms with van der Waals surface area (Å²) in [5.74, 6) is -1.89. The molecule has 5 nitrogen and oxygen atoms in total. The molecule has 0 unspecified atom stereocenters. The minimum Gasteiger partial charge on any atom is -0.381 e. The van der Waals surface area contributed by atoms with Crippen molar-refractivity contribution in [3.8, 4) is 0 Å². The molecule has 0 aromatic heterocycles. The monoisotopic (exact) mass is 394 g/mol. The van der Waals surface area contributed by atoms with E-state index in [1.165, 1.54) is 12.1 Å². The molecule has 2 atom stereocenters. The van der Waals surface area contributed by atoms with Crippen molar-refractivity contribution < 1.29 is 14.4 Å². The summed E-state index contributed by atoms with van der Waals surface area (Å²) in [6.07, 6.45) is -1.03. The molecule has 2 aromatic rings. The molecule has 126 valence electrons. The number of halogens is 3. The van der Waals surface area contributed by atoms with Gasteiger partial charge in [0.2, 0.25) is 12.0 Å². The minimum atomic E-state index is -1.03. The number of amides is 2. The summed E-state index contributed by atoms with van der Waals surface area (Å²) in [5, 5.41) is 4.94. The number of benzene rings is 2. The highest BCUT2D eigenvalue weighted by molar-refractivity contribution is 6.41. The Bertz CT molecular complexity index is 944. The molecule has 2 amide bonds. The maximum absolute atomic E-state index is 13.0. The first kappa shape index (κ1) is 16.4. The number of imide groups is 1.